The first-order valence-corrected chi connectivity index (χ1v) is 7.26. The van der Waals surface area contributed by atoms with E-state index < -0.39 is 0 Å². The summed E-state index contributed by atoms with van der Waals surface area (Å²) in [6, 6.07) is 4.24. The zero-order chi connectivity index (χ0) is 11.7. The van der Waals surface area contributed by atoms with Crippen LogP contribution in [0, 0.1) is 0 Å². The van der Waals surface area contributed by atoms with Gasteiger partial charge in [-0.3, -0.25) is 0 Å². The van der Waals surface area contributed by atoms with Crippen LogP contribution in [0.3, 0.4) is 0 Å². The fourth-order valence-electron chi connectivity index (χ4n) is 2.11. The lowest BCUT2D eigenvalue weighted by molar-refractivity contribution is 0.540. The van der Waals surface area contributed by atoms with Crippen LogP contribution >= 0.6 is 35.0 Å². The van der Waals surface area contributed by atoms with Gasteiger partial charge in [-0.2, -0.15) is 11.8 Å². The molecule has 0 radical (unpaired) electrons. The zero-order valence-electron chi connectivity index (χ0n) is 9.39. The van der Waals surface area contributed by atoms with Crippen LogP contribution in [-0.2, 0) is 5.75 Å². The molecule has 0 saturated heterocycles. The van der Waals surface area contributed by atoms with Crippen LogP contribution < -0.4 is 5.32 Å². The van der Waals surface area contributed by atoms with Gasteiger partial charge in [-0.25, -0.2) is 0 Å². The van der Waals surface area contributed by atoms with Gasteiger partial charge < -0.3 is 5.32 Å². The molecule has 0 amide bonds. The molecule has 2 atom stereocenters. The molecule has 2 rings (SSSR count). The van der Waals surface area contributed by atoms with Crippen molar-refractivity contribution in [3.05, 3.63) is 33.3 Å². The molecule has 1 N–H and O–H groups in total. The summed E-state index contributed by atoms with van der Waals surface area (Å²) < 4.78 is 0. The van der Waals surface area contributed by atoms with E-state index in [-0.39, 0.29) is 0 Å². The van der Waals surface area contributed by atoms with Crippen molar-refractivity contribution in [3.8, 4) is 0 Å². The van der Waals surface area contributed by atoms with Gasteiger partial charge in [0.25, 0.3) is 0 Å². The Hall–Kier alpha value is 0.110. The lowest BCUT2D eigenvalue weighted by Gasteiger charge is -2.32. The van der Waals surface area contributed by atoms with E-state index in [2.05, 4.69) is 19.2 Å². The lowest BCUT2D eigenvalue weighted by atomic mass is 9.98. The minimum Gasteiger partial charge on any atom is -0.309 e. The second-order valence-corrected chi connectivity index (χ2v) is 6.22. The van der Waals surface area contributed by atoms with Crippen molar-refractivity contribution in [2.45, 2.75) is 30.9 Å². The first kappa shape index (κ1) is 12.6. The third kappa shape index (κ3) is 2.35. The molecular formula is C12H15Cl2NS. The lowest BCUT2D eigenvalue weighted by Crippen LogP contribution is -2.31. The average molecular weight is 276 g/mol. The predicted octanol–water partition coefficient (Wildman–Crippen LogP) is 4.28. The van der Waals surface area contributed by atoms with Gasteiger partial charge in [0.05, 0.1) is 0 Å². The molecule has 1 aromatic carbocycles. The Kier molecular flexibility index (Phi) is 4.06. The highest BCUT2D eigenvalue weighted by atomic mass is 35.5. The summed E-state index contributed by atoms with van der Waals surface area (Å²) in [5.41, 5.74) is 2.51. The summed E-state index contributed by atoms with van der Waals surface area (Å²) in [5.74, 6) is 0.981. The van der Waals surface area contributed by atoms with E-state index >= 15 is 0 Å². The number of hydrogen-bond acceptors (Lipinski definition) is 2. The third-order valence-electron chi connectivity index (χ3n) is 2.91. The van der Waals surface area contributed by atoms with Gasteiger partial charge in [0.2, 0.25) is 0 Å². The van der Waals surface area contributed by atoms with Gasteiger partial charge in [-0.05, 0) is 29.8 Å². The Bertz CT molecular complexity index is 395. The van der Waals surface area contributed by atoms with Gasteiger partial charge in [-0.1, -0.05) is 37.0 Å². The summed E-state index contributed by atoms with van der Waals surface area (Å²) in [6.45, 7) is 5.33. The minimum atomic E-state index is 0.356. The Morgan fingerprint density at radius 1 is 1.44 bits per heavy atom. The van der Waals surface area contributed by atoms with Gasteiger partial charge >= 0.3 is 0 Å². The quantitative estimate of drug-likeness (QED) is 0.865. The van der Waals surface area contributed by atoms with Gasteiger partial charge in [0.15, 0.2) is 0 Å². The fourth-order valence-corrected chi connectivity index (χ4v) is 3.96. The van der Waals surface area contributed by atoms with Crippen molar-refractivity contribution in [2.75, 3.05) is 6.54 Å². The predicted molar refractivity (Wildman–Crippen MR) is 73.6 cm³/mol. The van der Waals surface area contributed by atoms with Crippen LogP contribution in [0.2, 0.25) is 10.0 Å². The molecule has 0 fully saturated rings. The van der Waals surface area contributed by atoms with Crippen molar-refractivity contribution >= 4 is 35.0 Å². The molecule has 0 aliphatic carbocycles. The SMILES string of the molecule is CCNC1c2cc(Cl)cc(Cl)c2CSC1C. The van der Waals surface area contributed by atoms with Crippen molar-refractivity contribution in [1.82, 2.24) is 5.32 Å². The largest absolute Gasteiger partial charge is 0.309 e. The van der Waals surface area contributed by atoms with E-state index in [4.69, 9.17) is 23.2 Å². The van der Waals surface area contributed by atoms with E-state index in [0.717, 1.165) is 22.3 Å². The summed E-state index contributed by atoms with van der Waals surface area (Å²) in [5, 5.41) is 5.59. The molecule has 0 saturated carbocycles. The molecular weight excluding hydrogens is 261 g/mol. The van der Waals surface area contributed by atoms with Gasteiger partial charge in [-0.15, -0.1) is 0 Å². The van der Waals surface area contributed by atoms with E-state index in [9.17, 15) is 0 Å². The molecule has 4 heteroatoms. The molecule has 1 heterocycles. The van der Waals surface area contributed by atoms with Crippen LogP contribution in [0.1, 0.15) is 31.0 Å². The number of thioether (sulfide) groups is 1. The fraction of sp³-hybridized carbons (Fsp3) is 0.500. The van der Waals surface area contributed by atoms with E-state index in [0.29, 0.717) is 11.3 Å². The highest BCUT2D eigenvalue weighted by molar-refractivity contribution is 7.99. The second-order valence-electron chi connectivity index (χ2n) is 4.01. The molecule has 16 heavy (non-hydrogen) atoms. The van der Waals surface area contributed by atoms with Crippen LogP contribution in [0.15, 0.2) is 12.1 Å². The van der Waals surface area contributed by atoms with Crippen molar-refractivity contribution in [3.63, 3.8) is 0 Å². The topological polar surface area (TPSA) is 12.0 Å². The highest BCUT2D eigenvalue weighted by Gasteiger charge is 2.28. The summed E-state index contributed by atoms with van der Waals surface area (Å²) >= 11 is 14.2. The number of rotatable bonds is 2. The monoisotopic (exact) mass is 275 g/mol. The molecule has 88 valence electrons. The molecule has 1 aliphatic rings. The second kappa shape index (κ2) is 5.18. The first-order chi connectivity index (χ1) is 7.63. The summed E-state index contributed by atoms with van der Waals surface area (Å²) in [4.78, 5) is 0. The van der Waals surface area contributed by atoms with Crippen molar-refractivity contribution < 1.29 is 0 Å². The minimum absolute atomic E-state index is 0.356. The van der Waals surface area contributed by atoms with Crippen molar-refractivity contribution in [1.29, 1.82) is 0 Å². The number of benzene rings is 1. The molecule has 1 nitrogen and oxygen atoms in total. The van der Waals surface area contributed by atoms with Crippen LogP contribution in [0.4, 0.5) is 0 Å². The molecule has 1 aliphatic heterocycles. The number of nitrogens with one attached hydrogen (secondary N) is 1. The number of fused-ring (bicyclic) bond motifs is 1. The van der Waals surface area contributed by atoms with E-state index in [1.54, 1.807) is 0 Å². The maximum absolute atomic E-state index is 6.24. The van der Waals surface area contributed by atoms with E-state index in [1.807, 2.05) is 23.9 Å². The maximum Gasteiger partial charge on any atom is 0.0464 e. The average Bonchev–Trinajstić information content (AvgIpc) is 2.22. The van der Waals surface area contributed by atoms with Crippen molar-refractivity contribution in [2.24, 2.45) is 0 Å². The van der Waals surface area contributed by atoms with Crippen LogP contribution in [0.25, 0.3) is 0 Å². The molecule has 0 aromatic heterocycles. The smallest absolute Gasteiger partial charge is 0.0464 e. The molecule has 0 spiro atoms. The Morgan fingerprint density at radius 2 is 2.19 bits per heavy atom. The molecule has 2 unspecified atom stereocenters. The Labute approximate surface area is 111 Å². The maximum atomic E-state index is 6.24. The highest BCUT2D eigenvalue weighted by Crippen LogP contribution is 2.41. The number of hydrogen-bond donors (Lipinski definition) is 1. The Balaban J connectivity index is 2.45. The zero-order valence-corrected chi connectivity index (χ0v) is 11.7. The van der Waals surface area contributed by atoms with Crippen LogP contribution in [0.5, 0.6) is 0 Å². The summed E-state index contributed by atoms with van der Waals surface area (Å²) in [7, 11) is 0. The Morgan fingerprint density at radius 3 is 2.88 bits per heavy atom. The molecule has 1 aromatic rings. The van der Waals surface area contributed by atoms with Gasteiger partial charge in [0.1, 0.15) is 0 Å². The first-order valence-electron chi connectivity index (χ1n) is 5.46. The normalized spacial score (nSPS) is 24.2. The summed E-state index contributed by atoms with van der Waals surface area (Å²) in [6.07, 6.45) is 0. The van der Waals surface area contributed by atoms with E-state index in [1.165, 1.54) is 11.1 Å². The molecule has 0 bridgehead atoms. The number of halogens is 2. The van der Waals surface area contributed by atoms with Gasteiger partial charge in [0, 0.05) is 27.1 Å². The van der Waals surface area contributed by atoms with Crippen LogP contribution in [-0.4, -0.2) is 11.8 Å². The standard InChI is InChI=1S/C12H15Cl2NS/c1-3-15-12-7(2)16-6-10-9(12)4-8(13)5-11(10)14/h4-5,7,12,15H,3,6H2,1-2H3. The third-order valence-corrected chi connectivity index (χ3v) is 4.72.